The molecule has 1 aliphatic carbocycles. The molecule has 2 atom stereocenters. The zero-order chi connectivity index (χ0) is 19.0. The lowest BCUT2D eigenvalue weighted by Gasteiger charge is -2.55. The van der Waals surface area contributed by atoms with Crippen LogP contribution >= 0.6 is 0 Å². The number of amides is 1. The van der Waals surface area contributed by atoms with E-state index >= 15 is 0 Å². The molecule has 0 aliphatic heterocycles. The van der Waals surface area contributed by atoms with Crippen LogP contribution in [0.25, 0.3) is 0 Å². The summed E-state index contributed by atoms with van der Waals surface area (Å²) in [4.78, 5) is 16.2. The average Bonchev–Trinajstić information content (AvgIpc) is 3.16. The lowest BCUT2D eigenvalue weighted by atomic mass is 9.58. The van der Waals surface area contributed by atoms with E-state index in [9.17, 15) is 4.79 Å². The van der Waals surface area contributed by atoms with E-state index in [0.717, 1.165) is 31.6 Å². The number of carbonyl (C=O) groups is 1. The molecule has 0 spiro atoms. The Bertz CT molecular complexity index is 582. The summed E-state index contributed by atoms with van der Waals surface area (Å²) in [5.74, 6) is 1.26. The number of nitrogens with one attached hydrogen (secondary N) is 3. The van der Waals surface area contributed by atoms with Crippen molar-refractivity contribution in [2.45, 2.75) is 58.7 Å². The van der Waals surface area contributed by atoms with Gasteiger partial charge in [0.05, 0.1) is 25.5 Å². The minimum atomic E-state index is -0.109. The van der Waals surface area contributed by atoms with Gasteiger partial charge in [-0.25, -0.2) is 0 Å². The van der Waals surface area contributed by atoms with Crippen molar-refractivity contribution in [1.82, 2.24) is 16.0 Å². The van der Waals surface area contributed by atoms with E-state index < -0.39 is 0 Å². The third-order valence-corrected chi connectivity index (χ3v) is 5.46. The van der Waals surface area contributed by atoms with E-state index in [0.29, 0.717) is 18.5 Å². The van der Waals surface area contributed by atoms with E-state index in [1.165, 1.54) is 0 Å². The van der Waals surface area contributed by atoms with Crippen molar-refractivity contribution < 1.29 is 13.9 Å². The van der Waals surface area contributed by atoms with Gasteiger partial charge in [-0.1, -0.05) is 13.8 Å². The molecule has 0 radical (unpaired) electrons. The molecule has 146 valence electrons. The van der Waals surface area contributed by atoms with Crippen LogP contribution in [0.4, 0.5) is 0 Å². The van der Waals surface area contributed by atoms with Gasteiger partial charge in [0.1, 0.15) is 5.76 Å². The van der Waals surface area contributed by atoms with Crippen molar-refractivity contribution in [2.75, 3.05) is 20.2 Å². The Kier molecular flexibility index (Phi) is 7.50. The maximum atomic E-state index is 12.0. The molecule has 7 nitrogen and oxygen atoms in total. The number of hydrogen-bond acceptors (Lipinski definition) is 4. The summed E-state index contributed by atoms with van der Waals surface area (Å²) in [6, 6.07) is 3.92. The molecule has 0 saturated heterocycles. The number of carbonyl (C=O) groups excluding carboxylic acids is 1. The predicted molar refractivity (Wildman–Crippen MR) is 102 cm³/mol. The van der Waals surface area contributed by atoms with Gasteiger partial charge in [-0.05, 0) is 38.3 Å². The summed E-state index contributed by atoms with van der Waals surface area (Å²) in [6.07, 6.45) is 4.93. The van der Waals surface area contributed by atoms with E-state index in [1.54, 1.807) is 19.4 Å². The Hall–Kier alpha value is -2.02. The molecule has 26 heavy (non-hydrogen) atoms. The number of hydrogen-bond donors (Lipinski definition) is 3. The van der Waals surface area contributed by atoms with Gasteiger partial charge in [-0.3, -0.25) is 9.79 Å². The van der Waals surface area contributed by atoms with Crippen molar-refractivity contribution in [3.05, 3.63) is 24.2 Å². The van der Waals surface area contributed by atoms with Gasteiger partial charge in [-0.15, -0.1) is 0 Å². The smallest absolute Gasteiger partial charge is 0.239 e. The van der Waals surface area contributed by atoms with Crippen molar-refractivity contribution >= 4 is 11.9 Å². The fraction of sp³-hybridized carbons (Fsp3) is 0.684. The first-order valence-electron chi connectivity index (χ1n) is 9.47. The third kappa shape index (κ3) is 4.58. The molecule has 1 heterocycles. The molecule has 0 aromatic carbocycles. The summed E-state index contributed by atoms with van der Waals surface area (Å²) in [6.45, 7) is 7.74. The quantitative estimate of drug-likeness (QED) is 0.461. The molecule has 7 heteroatoms. The van der Waals surface area contributed by atoms with Crippen LogP contribution in [0.15, 0.2) is 27.8 Å². The molecular weight excluding hydrogens is 332 g/mol. The first-order valence-corrected chi connectivity index (χ1v) is 9.47. The Morgan fingerprint density at radius 3 is 2.69 bits per heavy atom. The molecule has 3 N–H and O–H groups in total. The summed E-state index contributed by atoms with van der Waals surface area (Å²) >= 11 is 0. The molecule has 1 aromatic heterocycles. The zero-order valence-electron chi connectivity index (χ0n) is 16.3. The molecule has 2 unspecified atom stereocenters. The van der Waals surface area contributed by atoms with Gasteiger partial charge in [0, 0.05) is 25.1 Å². The fourth-order valence-electron chi connectivity index (χ4n) is 3.77. The van der Waals surface area contributed by atoms with Crippen LogP contribution in [0.1, 0.15) is 45.8 Å². The van der Waals surface area contributed by atoms with Crippen molar-refractivity contribution in [2.24, 2.45) is 10.4 Å². The second kappa shape index (κ2) is 9.62. The maximum absolute atomic E-state index is 12.0. The SMILES string of the molecule is CCOC1CC(NC(=NC)NCC(=O)NCc2ccco2)C1(CC)CC. The number of ether oxygens (including phenoxy) is 1. The lowest BCUT2D eigenvalue weighted by Crippen LogP contribution is -2.65. The summed E-state index contributed by atoms with van der Waals surface area (Å²) in [7, 11) is 1.72. The minimum Gasteiger partial charge on any atom is -0.467 e. The second-order valence-corrected chi connectivity index (χ2v) is 6.60. The molecule has 1 fully saturated rings. The van der Waals surface area contributed by atoms with Crippen LogP contribution in [0.5, 0.6) is 0 Å². The summed E-state index contributed by atoms with van der Waals surface area (Å²) in [5.41, 5.74) is 0.120. The van der Waals surface area contributed by atoms with Crippen LogP contribution in [0.2, 0.25) is 0 Å². The standard InChI is InChI=1S/C19H32N4O3/c1-5-19(6-2)15(11-16(19)25-7-3)23-18(20-4)22-13-17(24)21-12-14-9-8-10-26-14/h8-10,15-16H,5-7,11-13H2,1-4H3,(H,21,24)(H2,20,22,23). The van der Waals surface area contributed by atoms with Gasteiger partial charge < -0.3 is 25.1 Å². The maximum Gasteiger partial charge on any atom is 0.239 e. The van der Waals surface area contributed by atoms with Crippen LogP contribution in [-0.2, 0) is 16.1 Å². The molecular formula is C19H32N4O3. The van der Waals surface area contributed by atoms with Crippen molar-refractivity contribution in [1.29, 1.82) is 0 Å². The number of furan rings is 1. The second-order valence-electron chi connectivity index (χ2n) is 6.60. The highest BCUT2D eigenvalue weighted by Gasteiger charge is 2.53. The Morgan fingerprint density at radius 1 is 1.35 bits per heavy atom. The predicted octanol–water partition coefficient (Wildman–Crippen LogP) is 2.04. The average molecular weight is 364 g/mol. The number of guanidine groups is 1. The van der Waals surface area contributed by atoms with Gasteiger partial charge in [0.15, 0.2) is 5.96 Å². The molecule has 1 aromatic rings. The van der Waals surface area contributed by atoms with Crippen LogP contribution in [0.3, 0.4) is 0 Å². The largest absolute Gasteiger partial charge is 0.467 e. The first-order chi connectivity index (χ1) is 12.6. The van der Waals surface area contributed by atoms with E-state index in [4.69, 9.17) is 9.15 Å². The third-order valence-electron chi connectivity index (χ3n) is 5.46. The van der Waals surface area contributed by atoms with Gasteiger partial charge >= 0.3 is 0 Å². The van der Waals surface area contributed by atoms with E-state index in [-0.39, 0.29) is 24.0 Å². The minimum absolute atomic E-state index is 0.109. The fourth-order valence-corrected chi connectivity index (χ4v) is 3.77. The van der Waals surface area contributed by atoms with Gasteiger partial charge in [-0.2, -0.15) is 0 Å². The number of rotatable bonds is 9. The molecule has 1 saturated carbocycles. The van der Waals surface area contributed by atoms with E-state index in [2.05, 4.69) is 34.8 Å². The molecule has 1 aliphatic rings. The number of nitrogens with zero attached hydrogens (tertiary/aromatic N) is 1. The van der Waals surface area contributed by atoms with Crippen molar-refractivity contribution in [3.63, 3.8) is 0 Å². The van der Waals surface area contributed by atoms with Crippen LogP contribution < -0.4 is 16.0 Å². The molecule has 2 rings (SSSR count). The zero-order valence-corrected chi connectivity index (χ0v) is 16.3. The summed E-state index contributed by atoms with van der Waals surface area (Å²) in [5, 5.41) is 9.37. The Balaban J connectivity index is 1.80. The highest BCUT2D eigenvalue weighted by molar-refractivity contribution is 5.86. The number of aliphatic imine (C=N–C) groups is 1. The topological polar surface area (TPSA) is 87.9 Å². The normalized spacial score (nSPS) is 21.8. The molecule has 1 amide bonds. The Labute approximate surface area is 156 Å². The van der Waals surface area contributed by atoms with Crippen molar-refractivity contribution in [3.8, 4) is 0 Å². The van der Waals surface area contributed by atoms with Gasteiger partial charge in [0.2, 0.25) is 5.91 Å². The van der Waals surface area contributed by atoms with Gasteiger partial charge in [0.25, 0.3) is 0 Å². The van der Waals surface area contributed by atoms with Crippen LogP contribution in [0, 0.1) is 5.41 Å². The van der Waals surface area contributed by atoms with Crippen LogP contribution in [-0.4, -0.2) is 44.2 Å². The summed E-state index contributed by atoms with van der Waals surface area (Å²) < 4.78 is 11.1. The molecule has 0 bridgehead atoms. The Morgan fingerprint density at radius 2 is 2.12 bits per heavy atom. The highest BCUT2D eigenvalue weighted by Crippen LogP contribution is 2.48. The highest BCUT2D eigenvalue weighted by atomic mass is 16.5. The first kappa shape index (κ1) is 20.3. The monoisotopic (exact) mass is 364 g/mol. The lowest BCUT2D eigenvalue weighted by molar-refractivity contribution is -0.133. The van der Waals surface area contributed by atoms with E-state index in [1.807, 2.05) is 13.0 Å².